The molecule has 0 saturated heterocycles. The molecule has 1 aromatic rings. The van der Waals surface area contributed by atoms with Gasteiger partial charge in [0.2, 0.25) is 0 Å². The first-order valence-electron chi connectivity index (χ1n) is 4.74. The Bertz CT molecular complexity index is 417. The molecule has 0 spiro atoms. The highest BCUT2D eigenvalue weighted by Gasteiger charge is 2.20. The van der Waals surface area contributed by atoms with Crippen LogP contribution in [0.15, 0.2) is 30.3 Å². The van der Waals surface area contributed by atoms with E-state index in [1.54, 1.807) is 0 Å². The molecule has 0 aromatic heterocycles. The van der Waals surface area contributed by atoms with Crippen LogP contribution < -0.4 is 0 Å². The highest BCUT2D eigenvalue weighted by atomic mass is 33.1. The van der Waals surface area contributed by atoms with Crippen LogP contribution in [0.1, 0.15) is 10.8 Å². The number of hydrogen-bond acceptors (Lipinski definition) is 4. The van der Waals surface area contributed by atoms with E-state index in [9.17, 15) is 8.42 Å². The van der Waals surface area contributed by atoms with Gasteiger partial charge < -0.3 is 4.90 Å². The van der Waals surface area contributed by atoms with Crippen LogP contribution in [-0.2, 0) is 9.15 Å². The van der Waals surface area contributed by atoms with Gasteiger partial charge in [-0.05, 0) is 19.7 Å². The summed E-state index contributed by atoms with van der Waals surface area (Å²) in [5, 5.41) is -0.286. The molecule has 90 valence electrons. The maximum absolute atomic E-state index is 10.9. The summed E-state index contributed by atoms with van der Waals surface area (Å²) >= 11 is 0. The van der Waals surface area contributed by atoms with Gasteiger partial charge in [0.15, 0.2) is 0 Å². The maximum atomic E-state index is 10.9. The molecule has 1 unspecified atom stereocenters. The van der Waals surface area contributed by atoms with Crippen molar-refractivity contribution in [3.8, 4) is 0 Å². The van der Waals surface area contributed by atoms with Gasteiger partial charge in [0, 0.05) is 17.3 Å². The SMILES string of the molecule is CN(C)CC(SS(=O)(=O)O)c1ccccc1. The van der Waals surface area contributed by atoms with Crippen molar-refractivity contribution in [3.63, 3.8) is 0 Å². The van der Waals surface area contributed by atoms with E-state index in [-0.39, 0.29) is 5.25 Å². The summed E-state index contributed by atoms with van der Waals surface area (Å²) in [6.45, 7) is 0.550. The van der Waals surface area contributed by atoms with Crippen LogP contribution in [0.2, 0.25) is 0 Å². The largest absolute Gasteiger partial charge is 0.320 e. The van der Waals surface area contributed by atoms with Gasteiger partial charge in [0.05, 0.1) is 5.25 Å². The first-order chi connectivity index (χ1) is 7.38. The third-order valence-corrected chi connectivity index (χ3v) is 4.26. The highest BCUT2D eigenvalue weighted by Crippen LogP contribution is 2.32. The molecule has 0 aliphatic carbocycles. The second-order valence-corrected chi connectivity index (χ2v) is 7.14. The van der Waals surface area contributed by atoms with Crippen molar-refractivity contribution in [1.29, 1.82) is 0 Å². The lowest BCUT2D eigenvalue weighted by Crippen LogP contribution is -2.19. The molecule has 1 atom stereocenters. The molecule has 0 heterocycles. The lowest BCUT2D eigenvalue weighted by Gasteiger charge is -2.19. The summed E-state index contributed by atoms with van der Waals surface area (Å²) in [5.41, 5.74) is 0.888. The van der Waals surface area contributed by atoms with Gasteiger partial charge in [0.25, 0.3) is 0 Å². The number of benzene rings is 1. The Labute approximate surface area is 99.8 Å². The average molecular weight is 261 g/mol. The number of nitrogens with zero attached hydrogens (tertiary/aromatic N) is 1. The van der Waals surface area contributed by atoms with Crippen LogP contribution in [-0.4, -0.2) is 38.5 Å². The molecular weight excluding hydrogens is 246 g/mol. The lowest BCUT2D eigenvalue weighted by atomic mass is 10.1. The standard InChI is InChI=1S/C10H15NO3S2/c1-11(2)8-10(15-16(12,13)14)9-6-4-3-5-7-9/h3-7,10H,8H2,1-2H3,(H,12,13,14). The van der Waals surface area contributed by atoms with Crippen molar-refractivity contribution in [2.75, 3.05) is 20.6 Å². The third-order valence-electron chi connectivity index (χ3n) is 1.94. The molecule has 6 heteroatoms. The van der Waals surface area contributed by atoms with E-state index >= 15 is 0 Å². The summed E-state index contributed by atoms with van der Waals surface area (Å²) in [4.78, 5) is 1.88. The number of likely N-dealkylation sites (N-methyl/N-ethyl adjacent to an activating group) is 1. The topological polar surface area (TPSA) is 57.6 Å². The van der Waals surface area contributed by atoms with Crippen molar-refractivity contribution in [2.45, 2.75) is 5.25 Å². The molecule has 4 nitrogen and oxygen atoms in total. The summed E-state index contributed by atoms with van der Waals surface area (Å²) in [7, 11) is 0.265. The fourth-order valence-electron chi connectivity index (χ4n) is 1.34. The van der Waals surface area contributed by atoms with E-state index in [0.29, 0.717) is 17.3 Å². The van der Waals surface area contributed by atoms with Gasteiger partial charge in [-0.15, -0.1) is 0 Å². The van der Waals surface area contributed by atoms with Gasteiger partial charge in [-0.3, -0.25) is 4.55 Å². The molecule has 1 aromatic carbocycles. The second kappa shape index (κ2) is 5.67. The molecule has 0 fully saturated rings. The first kappa shape index (κ1) is 13.5. The monoisotopic (exact) mass is 261 g/mol. The van der Waals surface area contributed by atoms with Crippen molar-refractivity contribution in [3.05, 3.63) is 35.9 Å². The zero-order chi connectivity index (χ0) is 12.2. The summed E-state index contributed by atoms with van der Waals surface area (Å²) in [5.74, 6) is 0. The van der Waals surface area contributed by atoms with Gasteiger partial charge in [-0.1, -0.05) is 30.3 Å². The molecule has 0 aliphatic heterocycles. The van der Waals surface area contributed by atoms with Crippen LogP contribution in [0.25, 0.3) is 0 Å². The maximum Gasteiger partial charge on any atom is 0.320 e. The van der Waals surface area contributed by atoms with E-state index in [1.165, 1.54) is 0 Å². The van der Waals surface area contributed by atoms with Crippen molar-refractivity contribution in [2.24, 2.45) is 0 Å². The minimum Gasteiger partial charge on any atom is -0.308 e. The van der Waals surface area contributed by atoms with Crippen LogP contribution in [0, 0.1) is 0 Å². The predicted octanol–water partition coefficient (Wildman–Crippen LogP) is 1.83. The third kappa shape index (κ3) is 4.98. The quantitative estimate of drug-likeness (QED) is 0.647. The number of hydrogen-bond donors (Lipinski definition) is 1. The smallest absolute Gasteiger partial charge is 0.308 e. The van der Waals surface area contributed by atoms with Gasteiger partial charge in [0.1, 0.15) is 0 Å². The lowest BCUT2D eigenvalue weighted by molar-refractivity contribution is 0.410. The van der Waals surface area contributed by atoms with E-state index in [2.05, 4.69) is 0 Å². The Morgan fingerprint density at radius 1 is 1.31 bits per heavy atom. The Morgan fingerprint density at radius 3 is 2.31 bits per heavy atom. The summed E-state index contributed by atoms with van der Waals surface area (Å²) in [6, 6.07) is 9.28. The van der Waals surface area contributed by atoms with Crippen molar-refractivity contribution in [1.82, 2.24) is 4.90 Å². The zero-order valence-electron chi connectivity index (χ0n) is 9.20. The number of rotatable bonds is 5. The summed E-state index contributed by atoms with van der Waals surface area (Å²) < 4.78 is 30.7. The molecule has 1 N–H and O–H groups in total. The molecule has 0 saturated carbocycles. The van der Waals surface area contributed by atoms with E-state index < -0.39 is 9.15 Å². The van der Waals surface area contributed by atoms with Gasteiger partial charge >= 0.3 is 9.15 Å². The van der Waals surface area contributed by atoms with Gasteiger partial charge in [-0.2, -0.15) is 8.42 Å². The highest BCUT2D eigenvalue weighted by molar-refractivity contribution is 8.70. The zero-order valence-corrected chi connectivity index (χ0v) is 10.8. The van der Waals surface area contributed by atoms with Crippen molar-refractivity contribution >= 4 is 19.9 Å². The Kier molecular flexibility index (Phi) is 4.79. The van der Waals surface area contributed by atoms with Gasteiger partial charge in [-0.25, -0.2) is 0 Å². The normalized spacial score (nSPS) is 14.0. The second-order valence-electron chi connectivity index (χ2n) is 3.69. The fourth-order valence-corrected chi connectivity index (χ4v) is 3.65. The first-order valence-corrected chi connectivity index (χ1v) is 7.57. The molecular formula is C10H15NO3S2. The average Bonchev–Trinajstić information content (AvgIpc) is 2.15. The van der Waals surface area contributed by atoms with E-state index in [0.717, 1.165) is 5.56 Å². The van der Waals surface area contributed by atoms with Crippen LogP contribution >= 0.6 is 10.8 Å². The minimum atomic E-state index is -4.03. The molecule has 16 heavy (non-hydrogen) atoms. The van der Waals surface area contributed by atoms with Crippen LogP contribution in [0.5, 0.6) is 0 Å². The molecule has 0 aliphatic rings. The Morgan fingerprint density at radius 2 is 1.88 bits per heavy atom. The van der Waals surface area contributed by atoms with Crippen LogP contribution in [0.3, 0.4) is 0 Å². The fraction of sp³-hybridized carbons (Fsp3) is 0.400. The summed E-state index contributed by atoms with van der Waals surface area (Å²) in [6.07, 6.45) is 0. The van der Waals surface area contributed by atoms with Crippen molar-refractivity contribution < 1.29 is 13.0 Å². The molecule has 0 radical (unpaired) electrons. The van der Waals surface area contributed by atoms with E-state index in [4.69, 9.17) is 4.55 Å². The Hall–Kier alpha value is -0.560. The molecule has 0 bridgehead atoms. The molecule has 0 amide bonds. The van der Waals surface area contributed by atoms with E-state index in [1.807, 2.05) is 49.3 Å². The van der Waals surface area contributed by atoms with Crippen LogP contribution in [0.4, 0.5) is 0 Å². The minimum absolute atomic E-state index is 0.286. The predicted molar refractivity (Wildman–Crippen MR) is 66.9 cm³/mol. The molecule has 1 rings (SSSR count). The Balaban J connectivity index is 2.88.